The van der Waals surface area contributed by atoms with Crippen LogP contribution >= 0.6 is 22.7 Å². The molecule has 4 heterocycles. The minimum Gasteiger partial charge on any atom is -0.298 e. The van der Waals surface area contributed by atoms with Crippen molar-refractivity contribution in [1.29, 1.82) is 0 Å². The molecule has 0 saturated carbocycles. The second-order valence-corrected chi connectivity index (χ2v) is 7.84. The Morgan fingerprint density at radius 2 is 2.28 bits per heavy atom. The molecule has 0 fully saturated rings. The van der Waals surface area contributed by atoms with E-state index >= 15 is 0 Å². The third-order valence-electron chi connectivity index (χ3n) is 4.17. The standard InChI is InChI=1S/C16H18N6OS2/c1-3-22-5-4-11-13(8-22)25-16(19-11)20-14(23)12-9-24-15(18-12)10-6-17-21(2)7-10/h6-7,9H,3-5,8H2,1-2H3,(H,19,20,23). The van der Waals surface area contributed by atoms with Gasteiger partial charge in [-0.25, -0.2) is 9.97 Å². The molecule has 25 heavy (non-hydrogen) atoms. The van der Waals surface area contributed by atoms with Crippen LogP contribution in [0.25, 0.3) is 10.6 Å². The molecule has 0 aliphatic carbocycles. The second kappa shape index (κ2) is 6.66. The zero-order valence-electron chi connectivity index (χ0n) is 14.0. The third-order valence-corrected chi connectivity index (χ3v) is 6.06. The van der Waals surface area contributed by atoms with Gasteiger partial charge >= 0.3 is 0 Å². The van der Waals surface area contributed by atoms with Gasteiger partial charge in [-0.15, -0.1) is 22.7 Å². The number of likely N-dealkylation sites (N-methyl/N-ethyl adjacent to an activating group) is 1. The smallest absolute Gasteiger partial charge is 0.276 e. The summed E-state index contributed by atoms with van der Waals surface area (Å²) in [6.45, 7) is 5.15. The fourth-order valence-electron chi connectivity index (χ4n) is 2.78. The van der Waals surface area contributed by atoms with Crippen LogP contribution in [0.3, 0.4) is 0 Å². The maximum absolute atomic E-state index is 12.5. The molecule has 0 atom stereocenters. The Hall–Kier alpha value is -2.10. The molecule has 0 aromatic carbocycles. The lowest BCUT2D eigenvalue weighted by atomic mass is 10.2. The Bertz CT molecular complexity index is 912. The van der Waals surface area contributed by atoms with Crippen molar-refractivity contribution in [2.24, 2.45) is 7.05 Å². The van der Waals surface area contributed by atoms with E-state index in [4.69, 9.17) is 0 Å². The maximum atomic E-state index is 12.5. The van der Waals surface area contributed by atoms with Gasteiger partial charge in [0.15, 0.2) is 5.13 Å². The molecule has 1 N–H and O–H groups in total. The Balaban J connectivity index is 1.48. The second-order valence-electron chi connectivity index (χ2n) is 5.90. The number of carbonyl (C=O) groups is 1. The molecule has 9 heteroatoms. The third kappa shape index (κ3) is 3.35. The highest BCUT2D eigenvalue weighted by Gasteiger charge is 2.21. The Morgan fingerprint density at radius 3 is 3.04 bits per heavy atom. The van der Waals surface area contributed by atoms with Crippen molar-refractivity contribution >= 4 is 33.7 Å². The lowest BCUT2D eigenvalue weighted by Gasteiger charge is -2.23. The summed E-state index contributed by atoms with van der Waals surface area (Å²) in [7, 11) is 1.86. The van der Waals surface area contributed by atoms with Crippen molar-refractivity contribution in [2.45, 2.75) is 19.9 Å². The van der Waals surface area contributed by atoms with E-state index in [1.165, 1.54) is 16.2 Å². The van der Waals surface area contributed by atoms with Crippen LogP contribution in [0.1, 0.15) is 28.0 Å². The minimum absolute atomic E-state index is 0.218. The van der Waals surface area contributed by atoms with Gasteiger partial charge in [-0.3, -0.25) is 19.7 Å². The number of hydrogen-bond acceptors (Lipinski definition) is 7. The van der Waals surface area contributed by atoms with Gasteiger partial charge in [0, 0.05) is 48.6 Å². The van der Waals surface area contributed by atoms with E-state index in [-0.39, 0.29) is 5.91 Å². The van der Waals surface area contributed by atoms with Gasteiger partial charge in [-0.2, -0.15) is 5.10 Å². The van der Waals surface area contributed by atoms with Crippen molar-refractivity contribution in [2.75, 3.05) is 18.4 Å². The van der Waals surface area contributed by atoms with E-state index < -0.39 is 0 Å². The number of fused-ring (bicyclic) bond motifs is 1. The van der Waals surface area contributed by atoms with Gasteiger partial charge in [-0.05, 0) is 6.54 Å². The lowest BCUT2D eigenvalue weighted by molar-refractivity contribution is 0.102. The topological polar surface area (TPSA) is 75.9 Å². The normalized spacial score (nSPS) is 14.5. The number of anilines is 1. The van der Waals surface area contributed by atoms with E-state index in [2.05, 4.69) is 32.2 Å². The van der Waals surface area contributed by atoms with Crippen LogP contribution in [0.4, 0.5) is 5.13 Å². The predicted octanol–water partition coefficient (Wildman–Crippen LogP) is 2.63. The van der Waals surface area contributed by atoms with E-state index in [0.29, 0.717) is 10.8 Å². The number of aryl methyl sites for hydroxylation is 1. The van der Waals surface area contributed by atoms with Crippen molar-refractivity contribution < 1.29 is 4.79 Å². The molecule has 0 unspecified atom stereocenters. The average Bonchev–Trinajstić information content (AvgIpc) is 3.32. The number of carbonyl (C=O) groups excluding carboxylic acids is 1. The number of aromatic nitrogens is 4. The average molecular weight is 374 g/mol. The summed E-state index contributed by atoms with van der Waals surface area (Å²) in [6, 6.07) is 0. The fourth-order valence-corrected chi connectivity index (χ4v) is 4.60. The number of hydrogen-bond donors (Lipinski definition) is 1. The number of nitrogens with one attached hydrogen (secondary N) is 1. The van der Waals surface area contributed by atoms with Crippen molar-refractivity contribution in [3.63, 3.8) is 0 Å². The Labute approximate surface area is 153 Å². The minimum atomic E-state index is -0.218. The molecule has 3 aromatic rings. The highest BCUT2D eigenvalue weighted by molar-refractivity contribution is 7.16. The Kier molecular flexibility index (Phi) is 4.36. The highest BCUT2D eigenvalue weighted by Crippen LogP contribution is 2.29. The highest BCUT2D eigenvalue weighted by atomic mass is 32.1. The number of rotatable bonds is 4. The van der Waals surface area contributed by atoms with E-state index in [9.17, 15) is 4.79 Å². The van der Waals surface area contributed by atoms with Gasteiger partial charge in [0.1, 0.15) is 10.7 Å². The lowest BCUT2D eigenvalue weighted by Crippen LogP contribution is -2.29. The largest absolute Gasteiger partial charge is 0.298 e. The summed E-state index contributed by atoms with van der Waals surface area (Å²) in [5, 5.41) is 10.2. The summed E-state index contributed by atoms with van der Waals surface area (Å²) >= 11 is 3.00. The molecule has 0 bridgehead atoms. The van der Waals surface area contributed by atoms with Crippen molar-refractivity contribution in [1.82, 2.24) is 24.6 Å². The monoisotopic (exact) mass is 374 g/mol. The molecule has 4 rings (SSSR count). The Morgan fingerprint density at radius 1 is 1.40 bits per heavy atom. The molecule has 0 saturated heterocycles. The van der Waals surface area contributed by atoms with Gasteiger partial charge < -0.3 is 0 Å². The molecular formula is C16H18N6OS2. The molecule has 1 aliphatic heterocycles. The fraction of sp³-hybridized carbons (Fsp3) is 0.375. The van der Waals surface area contributed by atoms with Crippen molar-refractivity contribution in [3.05, 3.63) is 34.0 Å². The van der Waals surface area contributed by atoms with E-state index in [1.807, 2.05) is 13.2 Å². The summed E-state index contributed by atoms with van der Waals surface area (Å²) in [5.41, 5.74) is 2.43. The zero-order valence-corrected chi connectivity index (χ0v) is 15.7. The van der Waals surface area contributed by atoms with Crippen LogP contribution in [0.5, 0.6) is 0 Å². The summed E-state index contributed by atoms with van der Waals surface area (Å²) < 4.78 is 1.72. The quantitative estimate of drug-likeness (QED) is 0.760. The first-order valence-corrected chi connectivity index (χ1v) is 9.79. The summed E-state index contributed by atoms with van der Waals surface area (Å²) in [5.74, 6) is -0.218. The van der Waals surface area contributed by atoms with E-state index in [1.54, 1.807) is 27.6 Å². The van der Waals surface area contributed by atoms with Gasteiger partial charge in [0.05, 0.1) is 11.9 Å². The first kappa shape index (κ1) is 16.4. The molecule has 0 spiro atoms. The summed E-state index contributed by atoms with van der Waals surface area (Å²) in [6.07, 6.45) is 4.57. The van der Waals surface area contributed by atoms with Crippen LogP contribution in [0.2, 0.25) is 0 Å². The first-order chi connectivity index (χ1) is 12.1. The molecule has 0 radical (unpaired) electrons. The predicted molar refractivity (Wildman–Crippen MR) is 99.0 cm³/mol. The number of nitrogens with zero attached hydrogens (tertiary/aromatic N) is 5. The van der Waals surface area contributed by atoms with Crippen LogP contribution in [-0.4, -0.2) is 43.6 Å². The van der Waals surface area contributed by atoms with Crippen LogP contribution in [-0.2, 0) is 20.0 Å². The number of thiazole rings is 2. The molecular weight excluding hydrogens is 356 g/mol. The SMILES string of the molecule is CCN1CCc2nc(NC(=O)c3csc(-c4cnn(C)c4)n3)sc2C1. The van der Waals surface area contributed by atoms with E-state index in [0.717, 1.165) is 42.3 Å². The van der Waals surface area contributed by atoms with Crippen LogP contribution in [0.15, 0.2) is 17.8 Å². The van der Waals surface area contributed by atoms with Crippen molar-refractivity contribution in [3.8, 4) is 10.6 Å². The van der Waals surface area contributed by atoms with Crippen LogP contribution in [0, 0.1) is 0 Å². The summed E-state index contributed by atoms with van der Waals surface area (Å²) in [4.78, 5) is 25.1. The maximum Gasteiger partial charge on any atom is 0.276 e. The van der Waals surface area contributed by atoms with Gasteiger partial charge in [0.2, 0.25) is 0 Å². The van der Waals surface area contributed by atoms with Gasteiger partial charge in [0.25, 0.3) is 5.91 Å². The molecule has 7 nitrogen and oxygen atoms in total. The zero-order chi connectivity index (χ0) is 17.4. The molecule has 130 valence electrons. The van der Waals surface area contributed by atoms with Gasteiger partial charge in [-0.1, -0.05) is 6.92 Å². The molecule has 1 aliphatic rings. The first-order valence-electron chi connectivity index (χ1n) is 8.09. The van der Waals surface area contributed by atoms with Crippen LogP contribution < -0.4 is 5.32 Å². The molecule has 1 amide bonds. The number of amides is 1. The molecule has 3 aromatic heterocycles.